The monoisotopic (exact) mass is 323 g/mol. The molecular formula is C14H8Cl3N3. The molecule has 0 amide bonds. The maximum absolute atomic E-state index is 6.24. The zero-order chi connectivity index (χ0) is 14.3. The lowest BCUT2D eigenvalue weighted by Gasteiger charge is -2.08. The van der Waals surface area contributed by atoms with Crippen LogP contribution in [0.5, 0.6) is 0 Å². The van der Waals surface area contributed by atoms with Gasteiger partial charge in [0.1, 0.15) is 23.1 Å². The minimum Gasteiger partial charge on any atom is -0.249 e. The molecule has 2 aromatic heterocycles. The third-order valence-corrected chi connectivity index (χ3v) is 3.69. The zero-order valence-electron chi connectivity index (χ0n) is 10.4. The van der Waals surface area contributed by atoms with E-state index in [1.165, 1.54) is 6.33 Å². The summed E-state index contributed by atoms with van der Waals surface area (Å²) in [6.07, 6.45) is 1.45. The van der Waals surface area contributed by atoms with E-state index < -0.39 is 0 Å². The maximum atomic E-state index is 6.24. The summed E-state index contributed by atoms with van der Waals surface area (Å²) < 4.78 is 0. The van der Waals surface area contributed by atoms with E-state index in [0.717, 1.165) is 11.3 Å². The smallest absolute Gasteiger partial charge is 0.117 e. The molecule has 0 fully saturated rings. The van der Waals surface area contributed by atoms with E-state index in [4.69, 9.17) is 34.8 Å². The van der Waals surface area contributed by atoms with Crippen molar-refractivity contribution < 1.29 is 0 Å². The molecule has 100 valence electrons. The highest BCUT2D eigenvalue weighted by Gasteiger charge is 2.13. The standard InChI is InChI=1S/C14H8Cl3N3/c1-7-4-11(17)13-14(20-7)12(18-6-19-13)9-3-2-8(15)5-10(9)16/h2-6H,1H3. The highest BCUT2D eigenvalue weighted by molar-refractivity contribution is 6.37. The summed E-state index contributed by atoms with van der Waals surface area (Å²) in [4.78, 5) is 12.9. The van der Waals surface area contributed by atoms with Gasteiger partial charge in [0, 0.05) is 16.3 Å². The van der Waals surface area contributed by atoms with Crippen molar-refractivity contribution in [2.45, 2.75) is 6.92 Å². The number of aromatic nitrogens is 3. The minimum atomic E-state index is 0.511. The average molecular weight is 325 g/mol. The number of nitrogens with zero attached hydrogens (tertiary/aromatic N) is 3. The van der Waals surface area contributed by atoms with Crippen molar-refractivity contribution in [2.75, 3.05) is 0 Å². The van der Waals surface area contributed by atoms with Gasteiger partial charge in [-0.05, 0) is 31.2 Å². The second-order valence-corrected chi connectivity index (χ2v) is 5.54. The molecule has 0 atom stereocenters. The van der Waals surface area contributed by atoms with E-state index in [2.05, 4.69) is 15.0 Å². The Labute approximate surface area is 130 Å². The van der Waals surface area contributed by atoms with Gasteiger partial charge in [-0.15, -0.1) is 0 Å². The molecule has 3 rings (SSSR count). The minimum absolute atomic E-state index is 0.511. The summed E-state index contributed by atoms with van der Waals surface area (Å²) in [5.74, 6) is 0. The number of hydrogen-bond donors (Lipinski definition) is 0. The Balaban J connectivity index is 2.36. The fourth-order valence-electron chi connectivity index (χ4n) is 2.00. The van der Waals surface area contributed by atoms with Gasteiger partial charge < -0.3 is 0 Å². The van der Waals surface area contributed by atoms with Gasteiger partial charge in [-0.1, -0.05) is 34.8 Å². The van der Waals surface area contributed by atoms with Crippen LogP contribution in [-0.2, 0) is 0 Å². The van der Waals surface area contributed by atoms with Gasteiger partial charge in [0.2, 0.25) is 0 Å². The summed E-state index contributed by atoms with van der Waals surface area (Å²) in [6.45, 7) is 1.87. The molecule has 0 unspecified atom stereocenters. The molecule has 2 heterocycles. The Morgan fingerprint density at radius 2 is 1.70 bits per heavy atom. The molecule has 20 heavy (non-hydrogen) atoms. The molecule has 3 nitrogen and oxygen atoms in total. The van der Waals surface area contributed by atoms with Crippen molar-refractivity contribution in [3.8, 4) is 11.3 Å². The zero-order valence-corrected chi connectivity index (χ0v) is 12.6. The molecule has 0 aliphatic heterocycles. The van der Waals surface area contributed by atoms with Crippen LogP contribution in [0, 0.1) is 6.92 Å². The van der Waals surface area contributed by atoms with Crippen LogP contribution in [0.4, 0.5) is 0 Å². The second-order valence-electron chi connectivity index (χ2n) is 4.29. The molecule has 0 radical (unpaired) electrons. The molecule has 0 saturated carbocycles. The summed E-state index contributed by atoms with van der Waals surface area (Å²) in [5.41, 5.74) is 3.42. The number of pyridine rings is 1. The first-order valence-electron chi connectivity index (χ1n) is 5.79. The van der Waals surface area contributed by atoms with Crippen LogP contribution < -0.4 is 0 Å². The molecule has 3 aromatic rings. The van der Waals surface area contributed by atoms with Crippen molar-refractivity contribution in [3.63, 3.8) is 0 Å². The molecule has 0 bridgehead atoms. The second kappa shape index (κ2) is 5.17. The third-order valence-electron chi connectivity index (χ3n) is 2.86. The number of hydrogen-bond acceptors (Lipinski definition) is 3. The van der Waals surface area contributed by atoms with Crippen LogP contribution in [0.15, 0.2) is 30.6 Å². The number of aryl methyl sites for hydroxylation is 1. The fraction of sp³-hybridized carbons (Fsp3) is 0.0714. The first kappa shape index (κ1) is 13.6. The molecule has 0 saturated heterocycles. The fourth-order valence-corrected chi connectivity index (χ4v) is 2.79. The predicted octanol–water partition coefficient (Wildman–Crippen LogP) is 4.96. The lowest BCUT2D eigenvalue weighted by Crippen LogP contribution is -1.94. The molecule has 0 spiro atoms. The van der Waals surface area contributed by atoms with E-state index in [-0.39, 0.29) is 0 Å². The number of halogens is 3. The quantitative estimate of drug-likeness (QED) is 0.635. The van der Waals surface area contributed by atoms with Crippen LogP contribution >= 0.6 is 34.8 Å². The largest absolute Gasteiger partial charge is 0.249 e. The summed E-state index contributed by atoms with van der Waals surface area (Å²) in [5, 5.41) is 1.62. The van der Waals surface area contributed by atoms with E-state index in [0.29, 0.717) is 31.8 Å². The van der Waals surface area contributed by atoms with Gasteiger partial charge in [0.05, 0.1) is 10.0 Å². The maximum Gasteiger partial charge on any atom is 0.117 e. The van der Waals surface area contributed by atoms with E-state index in [9.17, 15) is 0 Å². The molecule has 0 aliphatic carbocycles. The molecule has 0 aliphatic rings. The van der Waals surface area contributed by atoms with E-state index in [1.54, 1.807) is 18.2 Å². The predicted molar refractivity (Wildman–Crippen MR) is 82.5 cm³/mol. The Hall–Kier alpha value is -1.42. The SMILES string of the molecule is Cc1cc(Cl)c2ncnc(-c3ccc(Cl)cc3Cl)c2n1. The Kier molecular flexibility index (Phi) is 3.50. The van der Waals surface area contributed by atoms with Crippen LogP contribution in [0.25, 0.3) is 22.3 Å². The van der Waals surface area contributed by atoms with Crippen LogP contribution in [-0.4, -0.2) is 15.0 Å². The number of benzene rings is 1. The lowest BCUT2D eigenvalue weighted by molar-refractivity contribution is 1.17. The van der Waals surface area contributed by atoms with Crippen LogP contribution in [0.3, 0.4) is 0 Å². The Morgan fingerprint density at radius 3 is 2.45 bits per heavy atom. The lowest BCUT2D eigenvalue weighted by atomic mass is 10.1. The van der Waals surface area contributed by atoms with E-state index in [1.807, 2.05) is 13.0 Å². The third kappa shape index (κ3) is 2.33. The van der Waals surface area contributed by atoms with E-state index >= 15 is 0 Å². The topological polar surface area (TPSA) is 38.7 Å². The summed E-state index contributed by atoms with van der Waals surface area (Å²) in [6, 6.07) is 7.01. The molecule has 1 aromatic carbocycles. The van der Waals surface area contributed by atoms with Gasteiger partial charge in [-0.25, -0.2) is 15.0 Å². The molecule has 0 N–H and O–H groups in total. The number of rotatable bonds is 1. The van der Waals surface area contributed by atoms with Gasteiger partial charge >= 0.3 is 0 Å². The number of fused-ring (bicyclic) bond motifs is 1. The van der Waals surface area contributed by atoms with Crippen molar-refractivity contribution >= 4 is 45.8 Å². The van der Waals surface area contributed by atoms with Gasteiger partial charge in [0.15, 0.2) is 0 Å². The van der Waals surface area contributed by atoms with Crippen molar-refractivity contribution in [2.24, 2.45) is 0 Å². The van der Waals surface area contributed by atoms with Crippen LogP contribution in [0.2, 0.25) is 15.1 Å². The van der Waals surface area contributed by atoms with Crippen molar-refractivity contribution in [1.29, 1.82) is 0 Å². The summed E-state index contributed by atoms with van der Waals surface area (Å²) >= 11 is 18.4. The van der Waals surface area contributed by atoms with Crippen LogP contribution in [0.1, 0.15) is 5.69 Å². The highest BCUT2D eigenvalue weighted by Crippen LogP contribution is 2.33. The normalized spacial score (nSPS) is 11.0. The average Bonchev–Trinajstić information content (AvgIpc) is 2.38. The summed E-state index contributed by atoms with van der Waals surface area (Å²) in [7, 11) is 0. The van der Waals surface area contributed by atoms with Crippen molar-refractivity contribution in [1.82, 2.24) is 15.0 Å². The molecular weight excluding hydrogens is 317 g/mol. The van der Waals surface area contributed by atoms with Gasteiger partial charge in [0.25, 0.3) is 0 Å². The highest BCUT2D eigenvalue weighted by atomic mass is 35.5. The van der Waals surface area contributed by atoms with Crippen molar-refractivity contribution in [3.05, 3.63) is 51.4 Å². The van der Waals surface area contributed by atoms with Gasteiger partial charge in [-0.3, -0.25) is 0 Å². The van der Waals surface area contributed by atoms with Gasteiger partial charge in [-0.2, -0.15) is 0 Å². The Bertz CT molecular complexity index is 818. The first-order valence-corrected chi connectivity index (χ1v) is 6.93. The Morgan fingerprint density at radius 1 is 0.900 bits per heavy atom. The molecule has 6 heteroatoms. The first-order chi connectivity index (χ1) is 9.56.